The number of halogens is 1. The minimum Gasteiger partial charge on any atom is -0.497 e. The maximum atomic E-state index is 5.41. The van der Waals surface area contributed by atoms with E-state index in [2.05, 4.69) is 45.3 Å². The Morgan fingerprint density at radius 1 is 1.25 bits per heavy atom. The molecule has 3 rings (SSSR count). The highest BCUT2D eigenvalue weighted by atomic mass is 79.9. The molecule has 0 aromatic heterocycles. The van der Waals surface area contributed by atoms with Gasteiger partial charge in [-0.3, -0.25) is 0 Å². The zero-order chi connectivity index (χ0) is 14.1. The van der Waals surface area contributed by atoms with Crippen molar-refractivity contribution < 1.29 is 4.74 Å². The van der Waals surface area contributed by atoms with Crippen LogP contribution in [0.1, 0.15) is 32.1 Å². The van der Waals surface area contributed by atoms with Crippen LogP contribution in [0.15, 0.2) is 22.7 Å². The quantitative estimate of drug-likeness (QED) is 0.911. The second-order valence-corrected chi connectivity index (χ2v) is 6.77. The normalized spacial score (nSPS) is 29.4. The van der Waals surface area contributed by atoms with Crippen LogP contribution in [0, 0.1) is 0 Å². The number of anilines is 1. The number of piperidine rings is 2. The topological polar surface area (TPSA) is 24.5 Å². The van der Waals surface area contributed by atoms with Crippen molar-refractivity contribution in [2.75, 3.05) is 19.1 Å². The van der Waals surface area contributed by atoms with Gasteiger partial charge in [0.1, 0.15) is 5.75 Å². The van der Waals surface area contributed by atoms with Crippen LogP contribution in [0.2, 0.25) is 0 Å². The van der Waals surface area contributed by atoms with E-state index in [9.17, 15) is 0 Å². The Hall–Kier alpha value is -0.740. The van der Waals surface area contributed by atoms with E-state index in [0.717, 1.165) is 5.75 Å². The molecule has 4 heteroatoms. The van der Waals surface area contributed by atoms with Gasteiger partial charge in [0.25, 0.3) is 0 Å². The van der Waals surface area contributed by atoms with Crippen molar-refractivity contribution in [3.05, 3.63) is 22.7 Å². The van der Waals surface area contributed by atoms with Gasteiger partial charge in [0.05, 0.1) is 12.8 Å². The minimum absolute atomic E-state index is 0.656. The van der Waals surface area contributed by atoms with E-state index in [4.69, 9.17) is 4.74 Å². The van der Waals surface area contributed by atoms with E-state index in [1.54, 1.807) is 7.11 Å². The molecule has 1 N–H and O–H groups in total. The van der Waals surface area contributed by atoms with Crippen LogP contribution in [0.5, 0.6) is 5.75 Å². The van der Waals surface area contributed by atoms with Gasteiger partial charge in [0, 0.05) is 28.7 Å². The molecule has 3 nitrogen and oxygen atoms in total. The number of nitrogens with one attached hydrogen (secondary N) is 1. The number of ether oxygens (including phenoxy) is 1. The van der Waals surface area contributed by atoms with Crippen LogP contribution >= 0.6 is 15.9 Å². The molecule has 20 heavy (non-hydrogen) atoms. The molecule has 2 heterocycles. The SMILES string of the molecule is CNC1CC2CCCC(C1)N2c1cc(OC)ccc1Br. The third-order valence-electron chi connectivity index (χ3n) is 4.81. The number of hydrogen-bond donors (Lipinski definition) is 1. The second kappa shape index (κ2) is 5.94. The molecule has 2 unspecified atom stereocenters. The highest BCUT2D eigenvalue weighted by molar-refractivity contribution is 9.10. The first kappa shape index (κ1) is 14.2. The summed E-state index contributed by atoms with van der Waals surface area (Å²) in [5.74, 6) is 0.942. The van der Waals surface area contributed by atoms with Crippen molar-refractivity contribution >= 4 is 21.6 Å². The first-order valence-electron chi connectivity index (χ1n) is 7.52. The van der Waals surface area contributed by atoms with E-state index in [1.165, 1.54) is 42.3 Å². The molecule has 1 aromatic carbocycles. The Kier molecular flexibility index (Phi) is 4.22. The average molecular weight is 339 g/mol. The Bertz CT molecular complexity index is 466. The lowest BCUT2D eigenvalue weighted by Crippen LogP contribution is -2.56. The first-order chi connectivity index (χ1) is 9.72. The summed E-state index contributed by atoms with van der Waals surface area (Å²) in [6, 6.07) is 8.28. The maximum absolute atomic E-state index is 5.41. The van der Waals surface area contributed by atoms with Gasteiger partial charge < -0.3 is 15.0 Å². The van der Waals surface area contributed by atoms with E-state index >= 15 is 0 Å². The van der Waals surface area contributed by atoms with Crippen molar-refractivity contribution in [2.24, 2.45) is 0 Å². The predicted octanol–water partition coefficient (Wildman–Crippen LogP) is 3.57. The molecular weight excluding hydrogens is 316 g/mol. The molecule has 2 atom stereocenters. The molecule has 0 spiro atoms. The van der Waals surface area contributed by atoms with Crippen molar-refractivity contribution in [1.29, 1.82) is 0 Å². The second-order valence-electron chi connectivity index (χ2n) is 5.92. The fourth-order valence-electron chi connectivity index (χ4n) is 3.83. The number of nitrogens with zero attached hydrogens (tertiary/aromatic N) is 1. The predicted molar refractivity (Wildman–Crippen MR) is 86.7 cm³/mol. The standard InChI is InChI=1S/C16H23BrN2O/c1-18-11-8-12-4-3-5-13(9-11)19(12)16-10-14(20-2)6-7-15(16)17/h6-7,10-13,18H,3-5,8-9H2,1-2H3. The maximum Gasteiger partial charge on any atom is 0.121 e. The minimum atomic E-state index is 0.656. The van der Waals surface area contributed by atoms with E-state index < -0.39 is 0 Å². The summed E-state index contributed by atoms with van der Waals surface area (Å²) in [5.41, 5.74) is 1.30. The van der Waals surface area contributed by atoms with Crippen molar-refractivity contribution in [3.8, 4) is 5.75 Å². The number of benzene rings is 1. The van der Waals surface area contributed by atoms with E-state index in [0.29, 0.717) is 18.1 Å². The molecule has 1 aromatic rings. The first-order valence-corrected chi connectivity index (χ1v) is 8.31. The molecule has 2 bridgehead atoms. The molecule has 2 fully saturated rings. The van der Waals surface area contributed by atoms with Crippen LogP contribution in [-0.4, -0.2) is 32.3 Å². The highest BCUT2D eigenvalue weighted by Gasteiger charge is 2.38. The van der Waals surface area contributed by atoms with Crippen LogP contribution < -0.4 is 15.0 Å². The molecule has 0 aliphatic carbocycles. The molecule has 0 saturated carbocycles. The van der Waals surface area contributed by atoms with Gasteiger partial charge in [-0.2, -0.15) is 0 Å². The van der Waals surface area contributed by atoms with E-state index in [1.807, 2.05) is 6.07 Å². The summed E-state index contributed by atoms with van der Waals surface area (Å²) in [4.78, 5) is 2.64. The monoisotopic (exact) mass is 338 g/mol. The van der Waals surface area contributed by atoms with Gasteiger partial charge in [-0.05, 0) is 67.2 Å². The lowest BCUT2D eigenvalue weighted by atomic mass is 9.81. The fraction of sp³-hybridized carbons (Fsp3) is 0.625. The zero-order valence-corrected chi connectivity index (χ0v) is 13.8. The number of methoxy groups -OCH3 is 1. The summed E-state index contributed by atoms with van der Waals surface area (Å²) >= 11 is 3.72. The van der Waals surface area contributed by atoms with Gasteiger partial charge in [-0.1, -0.05) is 0 Å². The van der Waals surface area contributed by atoms with Crippen LogP contribution in [0.3, 0.4) is 0 Å². The van der Waals surface area contributed by atoms with Gasteiger partial charge in [0.2, 0.25) is 0 Å². The van der Waals surface area contributed by atoms with Crippen molar-refractivity contribution in [2.45, 2.75) is 50.2 Å². The molecule has 2 aliphatic heterocycles. The van der Waals surface area contributed by atoms with Crippen molar-refractivity contribution in [3.63, 3.8) is 0 Å². The van der Waals surface area contributed by atoms with Crippen molar-refractivity contribution in [1.82, 2.24) is 5.32 Å². The molecule has 0 radical (unpaired) electrons. The molecule has 0 amide bonds. The summed E-state index contributed by atoms with van der Waals surface area (Å²) in [7, 11) is 3.83. The lowest BCUT2D eigenvalue weighted by Gasteiger charge is -2.50. The lowest BCUT2D eigenvalue weighted by molar-refractivity contribution is 0.252. The van der Waals surface area contributed by atoms with E-state index in [-0.39, 0.29) is 0 Å². The molecule has 2 aliphatic rings. The number of fused-ring (bicyclic) bond motifs is 2. The highest BCUT2D eigenvalue weighted by Crippen LogP contribution is 2.41. The molecular formula is C16H23BrN2O. The zero-order valence-electron chi connectivity index (χ0n) is 12.2. The average Bonchev–Trinajstić information content (AvgIpc) is 2.46. The van der Waals surface area contributed by atoms with Crippen LogP contribution in [0.25, 0.3) is 0 Å². The van der Waals surface area contributed by atoms with Gasteiger partial charge in [0.15, 0.2) is 0 Å². The Morgan fingerprint density at radius 3 is 2.55 bits per heavy atom. The van der Waals surface area contributed by atoms with Crippen LogP contribution in [-0.2, 0) is 0 Å². The Labute approximate surface area is 129 Å². The summed E-state index contributed by atoms with van der Waals surface area (Å²) < 4.78 is 6.58. The van der Waals surface area contributed by atoms with Gasteiger partial charge in [-0.25, -0.2) is 0 Å². The molecule has 2 saturated heterocycles. The fourth-order valence-corrected chi connectivity index (χ4v) is 4.28. The van der Waals surface area contributed by atoms with Gasteiger partial charge >= 0.3 is 0 Å². The van der Waals surface area contributed by atoms with Crippen LogP contribution in [0.4, 0.5) is 5.69 Å². The largest absolute Gasteiger partial charge is 0.497 e. The Balaban J connectivity index is 1.93. The molecule has 110 valence electrons. The number of hydrogen-bond acceptors (Lipinski definition) is 3. The summed E-state index contributed by atoms with van der Waals surface area (Å²) in [6.45, 7) is 0. The Morgan fingerprint density at radius 2 is 1.95 bits per heavy atom. The number of rotatable bonds is 3. The summed E-state index contributed by atoms with van der Waals surface area (Å²) in [5, 5.41) is 3.48. The third kappa shape index (κ3) is 2.56. The van der Waals surface area contributed by atoms with Gasteiger partial charge in [-0.15, -0.1) is 0 Å². The smallest absolute Gasteiger partial charge is 0.121 e. The summed E-state index contributed by atoms with van der Waals surface area (Å²) in [6.07, 6.45) is 6.47. The third-order valence-corrected chi connectivity index (χ3v) is 5.48.